The van der Waals surface area contributed by atoms with Crippen LogP contribution in [-0.2, 0) is 11.3 Å². The second-order valence-corrected chi connectivity index (χ2v) is 11.0. The lowest BCUT2D eigenvalue weighted by Crippen LogP contribution is -2.41. The van der Waals surface area contributed by atoms with E-state index in [2.05, 4.69) is 39.6 Å². The topological polar surface area (TPSA) is 70.2 Å². The molecule has 0 unspecified atom stereocenters. The number of anilines is 1. The standard InChI is InChI=1S/C30H33ClN4O2/c1-30(2,3)37-29(36)35-15-12-21(13-16-35)27-18-25-23(11-14-32-28(25)34-27)24-17-22(9-10-26(24)31)33-19-20-7-5-4-6-8-20/h4-11,14,17-18,21,33H,12-13,15-16,19H2,1-3H3,(H,32,34). The number of amides is 1. The number of aromatic nitrogens is 2. The Morgan fingerprint density at radius 1 is 1.08 bits per heavy atom. The zero-order valence-corrected chi connectivity index (χ0v) is 22.3. The van der Waals surface area contributed by atoms with Crippen LogP contribution in [0.5, 0.6) is 0 Å². The summed E-state index contributed by atoms with van der Waals surface area (Å²) >= 11 is 6.69. The second kappa shape index (κ2) is 10.5. The summed E-state index contributed by atoms with van der Waals surface area (Å²) in [5, 5.41) is 5.26. The van der Waals surface area contributed by atoms with Crippen LogP contribution in [0.15, 0.2) is 66.9 Å². The number of aromatic amines is 1. The van der Waals surface area contributed by atoms with Crippen molar-refractivity contribution in [2.24, 2.45) is 0 Å². The number of halogens is 1. The first-order valence-electron chi connectivity index (χ1n) is 12.8. The summed E-state index contributed by atoms with van der Waals surface area (Å²) in [5.41, 5.74) is 5.76. The number of hydrogen-bond acceptors (Lipinski definition) is 4. The molecule has 1 amide bonds. The molecule has 0 bridgehead atoms. The summed E-state index contributed by atoms with van der Waals surface area (Å²) in [5.74, 6) is 0.329. The fourth-order valence-electron chi connectivity index (χ4n) is 4.84. The first-order valence-corrected chi connectivity index (χ1v) is 13.2. The molecule has 0 radical (unpaired) electrons. The van der Waals surface area contributed by atoms with Gasteiger partial charge in [-0.15, -0.1) is 0 Å². The number of pyridine rings is 1. The maximum Gasteiger partial charge on any atom is 0.410 e. The molecule has 6 nitrogen and oxygen atoms in total. The van der Waals surface area contributed by atoms with Gasteiger partial charge in [0.1, 0.15) is 11.2 Å². The third-order valence-electron chi connectivity index (χ3n) is 6.74. The number of nitrogens with zero attached hydrogens (tertiary/aromatic N) is 2. The van der Waals surface area contributed by atoms with E-state index in [0.29, 0.717) is 24.0 Å². The molecule has 192 valence electrons. The molecule has 7 heteroatoms. The number of nitrogens with one attached hydrogen (secondary N) is 2. The molecule has 0 aliphatic carbocycles. The third kappa shape index (κ3) is 5.91. The number of hydrogen-bond donors (Lipinski definition) is 2. The predicted molar refractivity (Wildman–Crippen MR) is 150 cm³/mol. The minimum Gasteiger partial charge on any atom is -0.444 e. The van der Waals surface area contributed by atoms with Gasteiger partial charge in [-0.05, 0) is 75.1 Å². The van der Waals surface area contributed by atoms with Crippen LogP contribution in [-0.4, -0.2) is 39.7 Å². The lowest BCUT2D eigenvalue weighted by Gasteiger charge is -2.33. The Kier molecular flexibility index (Phi) is 7.11. The van der Waals surface area contributed by atoms with E-state index >= 15 is 0 Å². The Hall–Kier alpha value is -3.51. The molecule has 37 heavy (non-hydrogen) atoms. The van der Waals surface area contributed by atoms with E-state index in [1.165, 1.54) is 5.56 Å². The minimum atomic E-state index is -0.483. The van der Waals surface area contributed by atoms with Crippen LogP contribution < -0.4 is 5.32 Å². The van der Waals surface area contributed by atoms with E-state index in [1.807, 2.05) is 68.3 Å². The number of carbonyl (C=O) groups is 1. The van der Waals surface area contributed by atoms with Gasteiger partial charge in [-0.2, -0.15) is 0 Å². The molecular weight excluding hydrogens is 484 g/mol. The molecule has 1 saturated heterocycles. The zero-order chi connectivity index (χ0) is 26.0. The van der Waals surface area contributed by atoms with Gasteiger partial charge in [-0.1, -0.05) is 41.9 Å². The number of likely N-dealkylation sites (tertiary alicyclic amines) is 1. The molecule has 0 saturated carbocycles. The Labute approximate surface area is 223 Å². The van der Waals surface area contributed by atoms with Crippen molar-refractivity contribution in [3.63, 3.8) is 0 Å². The van der Waals surface area contributed by atoms with Crippen molar-refractivity contribution >= 4 is 34.4 Å². The first-order chi connectivity index (χ1) is 17.8. The molecule has 1 fully saturated rings. The van der Waals surface area contributed by atoms with E-state index in [-0.39, 0.29) is 6.09 Å². The van der Waals surface area contributed by atoms with Gasteiger partial charge in [0.05, 0.1) is 0 Å². The highest BCUT2D eigenvalue weighted by atomic mass is 35.5. The van der Waals surface area contributed by atoms with Crippen molar-refractivity contribution in [1.82, 2.24) is 14.9 Å². The van der Waals surface area contributed by atoms with Crippen molar-refractivity contribution in [1.29, 1.82) is 0 Å². The highest BCUT2D eigenvalue weighted by Crippen LogP contribution is 2.37. The predicted octanol–water partition coefficient (Wildman–Crippen LogP) is 7.61. The summed E-state index contributed by atoms with van der Waals surface area (Å²) < 4.78 is 5.55. The van der Waals surface area contributed by atoms with E-state index < -0.39 is 5.60 Å². The smallest absolute Gasteiger partial charge is 0.410 e. The van der Waals surface area contributed by atoms with Crippen LogP contribution in [0.1, 0.15) is 50.8 Å². The maximum absolute atomic E-state index is 12.5. The molecule has 1 aliphatic rings. The average molecular weight is 517 g/mol. The lowest BCUT2D eigenvalue weighted by atomic mass is 9.93. The van der Waals surface area contributed by atoms with Crippen LogP contribution >= 0.6 is 11.6 Å². The van der Waals surface area contributed by atoms with E-state index in [4.69, 9.17) is 16.3 Å². The Morgan fingerprint density at radius 3 is 2.57 bits per heavy atom. The van der Waals surface area contributed by atoms with Gasteiger partial charge < -0.3 is 19.9 Å². The van der Waals surface area contributed by atoms with Gasteiger partial charge in [0.25, 0.3) is 0 Å². The normalized spacial score (nSPS) is 14.6. The third-order valence-corrected chi connectivity index (χ3v) is 7.06. The first kappa shape index (κ1) is 25.2. The maximum atomic E-state index is 12.5. The summed E-state index contributed by atoms with van der Waals surface area (Å²) in [4.78, 5) is 22.4. The van der Waals surface area contributed by atoms with Crippen molar-refractivity contribution in [2.75, 3.05) is 18.4 Å². The van der Waals surface area contributed by atoms with Gasteiger partial charge >= 0.3 is 6.09 Å². The molecule has 1 aliphatic heterocycles. The van der Waals surface area contributed by atoms with Crippen LogP contribution in [0.2, 0.25) is 5.02 Å². The SMILES string of the molecule is CC(C)(C)OC(=O)N1CCC(c2cc3c(-c4cc(NCc5ccccc5)ccc4Cl)ccnc3[nH]2)CC1. The fourth-order valence-corrected chi connectivity index (χ4v) is 5.06. The quantitative estimate of drug-likeness (QED) is 0.286. The summed E-state index contributed by atoms with van der Waals surface area (Å²) in [6.07, 6.45) is 3.34. The van der Waals surface area contributed by atoms with Crippen LogP contribution in [0.25, 0.3) is 22.2 Å². The molecule has 4 aromatic rings. The Bertz CT molecular complexity index is 1390. The van der Waals surface area contributed by atoms with Crippen molar-refractivity contribution < 1.29 is 9.53 Å². The number of ether oxygens (including phenoxy) is 1. The molecular formula is C30H33ClN4O2. The van der Waals surface area contributed by atoms with Gasteiger partial charge in [0, 0.05) is 59.1 Å². The number of H-pyrrole nitrogens is 1. The molecule has 2 N–H and O–H groups in total. The molecule has 5 rings (SSSR count). The second-order valence-electron chi connectivity index (χ2n) is 10.6. The molecule has 2 aromatic heterocycles. The summed E-state index contributed by atoms with van der Waals surface area (Å²) in [7, 11) is 0. The van der Waals surface area contributed by atoms with Crippen LogP contribution in [0.4, 0.5) is 10.5 Å². The number of benzene rings is 2. The molecule has 0 atom stereocenters. The lowest BCUT2D eigenvalue weighted by molar-refractivity contribution is 0.0204. The fraction of sp³-hybridized carbons (Fsp3) is 0.333. The summed E-state index contributed by atoms with van der Waals surface area (Å²) in [6, 6.07) is 20.6. The molecule has 2 aromatic carbocycles. The van der Waals surface area contributed by atoms with Crippen molar-refractivity contribution in [2.45, 2.75) is 51.7 Å². The number of fused-ring (bicyclic) bond motifs is 1. The largest absolute Gasteiger partial charge is 0.444 e. The monoisotopic (exact) mass is 516 g/mol. The summed E-state index contributed by atoms with van der Waals surface area (Å²) in [6.45, 7) is 7.78. The van der Waals surface area contributed by atoms with Gasteiger partial charge in [0.15, 0.2) is 0 Å². The highest BCUT2D eigenvalue weighted by molar-refractivity contribution is 6.33. The molecule has 0 spiro atoms. The van der Waals surface area contributed by atoms with Crippen molar-refractivity contribution in [3.05, 3.63) is 83.1 Å². The van der Waals surface area contributed by atoms with Gasteiger partial charge in [0.2, 0.25) is 0 Å². The number of piperidine rings is 1. The number of carbonyl (C=O) groups excluding carboxylic acids is 1. The van der Waals surface area contributed by atoms with Crippen LogP contribution in [0, 0.1) is 0 Å². The number of rotatable bonds is 5. The average Bonchev–Trinajstić information content (AvgIpc) is 3.33. The minimum absolute atomic E-state index is 0.234. The Morgan fingerprint density at radius 2 is 1.84 bits per heavy atom. The van der Waals surface area contributed by atoms with Crippen molar-refractivity contribution in [3.8, 4) is 11.1 Å². The molecule has 3 heterocycles. The zero-order valence-electron chi connectivity index (χ0n) is 21.6. The van der Waals surface area contributed by atoms with Crippen LogP contribution in [0.3, 0.4) is 0 Å². The van der Waals surface area contributed by atoms with E-state index in [0.717, 1.165) is 52.9 Å². The highest BCUT2D eigenvalue weighted by Gasteiger charge is 2.28. The van der Waals surface area contributed by atoms with Gasteiger partial charge in [-0.25, -0.2) is 9.78 Å². The van der Waals surface area contributed by atoms with E-state index in [9.17, 15) is 4.79 Å². The van der Waals surface area contributed by atoms with E-state index in [1.54, 1.807) is 0 Å². The van der Waals surface area contributed by atoms with Gasteiger partial charge in [-0.3, -0.25) is 0 Å². The Balaban J connectivity index is 1.34.